The Hall–Kier alpha value is -2.16. The summed E-state index contributed by atoms with van der Waals surface area (Å²) in [4.78, 5) is 12.6. The van der Waals surface area contributed by atoms with E-state index in [-0.39, 0.29) is 12.3 Å². The van der Waals surface area contributed by atoms with Crippen molar-refractivity contribution in [2.24, 2.45) is 5.92 Å². The standard InChI is InChI=1S/C14H18N4O2/c1-3-10-11(6-15)14(17-16-12(10)4-2)18-7-9(8-18)5-13(19)20/h9H,3-5,7-8H2,1-2H3,(H,19,20). The van der Waals surface area contributed by atoms with Crippen molar-refractivity contribution in [3.8, 4) is 6.07 Å². The van der Waals surface area contributed by atoms with Gasteiger partial charge in [0, 0.05) is 19.0 Å². The van der Waals surface area contributed by atoms with Gasteiger partial charge >= 0.3 is 5.97 Å². The maximum Gasteiger partial charge on any atom is 0.303 e. The van der Waals surface area contributed by atoms with Crippen LogP contribution in [-0.4, -0.2) is 34.4 Å². The molecule has 2 heterocycles. The first-order valence-electron chi connectivity index (χ1n) is 6.85. The summed E-state index contributed by atoms with van der Waals surface area (Å²) in [6.07, 6.45) is 1.67. The van der Waals surface area contributed by atoms with E-state index in [2.05, 4.69) is 16.3 Å². The van der Waals surface area contributed by atoms with E-state index in [1.807, 2.05) is 18.7 Å². The molecule has 0 unspecified atom stereocenters. The number of nitriles is 1. The van der Waals surface area contributed by atoms with Crippen LogP contribution < -0.4 is 4.90 Å². The first-order chi connectivity index (χ1) is 9.60. The van der Waals surface area contributed by atoms with Crippen molar-refractivity contribution in [3.63, 3.8) is 0 Å². The molecule has 1 aliphatic rings. The Balaban J connectivity index is 2.22. The van der Waals surface area contributed by atoms with Crippen molar-refractivity contribution in [1.82, 2.24) is 10.2 Å². The highest BCUT2D eigenvalue weighted by Crippen LogP contribution is 2.29. The van der Waals surface area contributed by atoms with Crippen molar-refractivity contribution >= 4 is 11.8 Å². The molecule has 20 heavy (non-hydrogen) atoms. The zero-order valence-corrected chi connectivity index (χ0v) is 11.8. The topological polar surface area (TPSA) is 90.1 Å². The molecule has 1 aliphatic heterocycles. The fourth-order valence-corrected chi connectivity index (χ4v) is 2.62. The summed E-state index contributed by atoms with van der Waals surface area (Å²) in [5.41, 5.74) is 2.42. The van der Waals surface area contributed by atoms with Crippen molar-refractivity contribution in [1.29, 1.82) is 5.26 Å². The first kappa shape index (κ1) is 14.3. The second-order valence-corrected chi connectivity index (χ2v) is 5.01. The van der Waals surface area contributed by atoms with E-state index in [1.54, 1.807) is 0 Å². The Labute approximate surface area is 118 Å². The minimum Gasteiger partial charge on any atom is -0.481 e. The lowest BCUT2D eigenvalue weighted by Gasteiger charge is -2.39. The predicted molar refractivity (Wildman–Crippen MR) is 73.5 cm³/mol. The molecule has 0 aliphatic carbocycles. The molecule has 1 aromatic rings. The summed E-state index contributed by atoms with van der Waals surface area (Å²) in [5.74, 6) is -0.0446. The molecule has 0 aromatic carbocycles. The molecule has 0 amide bonds. The highest BCUT2D eigenvalue weighted by molar-refractivity contribution is 5.68. The van der Waals surface area contributed by atoms with Gasteiger partial charge in [0.05, 0.1) is 12.1 Å². The van der Waals surface area contributed by atoms with E-state index in [9.17, 15) is 10.1 Å². The molecule has 1 saturated heterocycles. The molecule has 1 N–H and O–H groups in total. The molecular formula is C14H18N4O2. The zero-order valence-electron chi connectivity index (χ0n) is 11.8. The third kappa shape index (κ3) is 2.57. The summed E-state index contributed by atoms with van der Waals surface area (Å²) >= 11 is 0. The lowest BCUT2D eigenvalue weighted by Crippen LogP contribution is -2.48. The molecule has 0 bridgehead atoms. The van der Waals surface area contributed by atoms with E-state index in [0.29, 0.717) is 24.5 Å². The average Bonchev–Trinajstić information content (AvgIpc) is 2.40. The van der Waals surface area contributed by atoms with E-state index in [0.717, 1.165) is 24.1 Å². The first-order valence-corrected chi connectivity index (χ1v) is 6.85. The average molecular weight is 274 g/mol. The fraction of sp³-hybridized carbons (Fsp3) is 0.571. The molecular weight excluding hydrogens is 256 g/mol. The number of carbonyl (C=O) groups is 1. The van der Waals surface area contributed by atoms with Gasteiger partial charge in [0.1, 0.15) is 11.6 Å². The van der Waals surface area contributed by atoms with Crippen LogP contribution in [0.3, 0.4) is 0 Å². The van der Waals surface area contributed by atoms with Crippen LogP contribution in [0, 0.1) is 17.2 Å². The van der Waals surface area contributed by atoms with Crippen LogP contribution in [0.15, 0.2) is 0 Å². The number of carboxylic acids is 1. The van der Waals surface area contributed by atoms with Gasteiger partial charge in [-0.1, -0.05) is 13.8 Å². The maximum absolute atomic E-state index is 10.7. The summed E-state index contributed by atoms with van der Waals surface area (Å²) in [7, 11) is 0. The Morgan fingerprint density at radius 1 is 1.40 bits per heavy atom. The van der Waals surface area contributed by atoms with Crippen molar-refractivity contribution < 1.29 is 9.90 Å². The van der Waals surface area contributed by atoms with Crippen LogP contribution >= 0.6 is 0 Å². The third-order valence-corrected chi connectivity index (χ3v) is 3.66. The fourth-order valence-electron chi connectivity index (χ4n) is 2.62. The normalized spacial score (nSPS) is 14.8. The lowest BCUT2D eigenvalue weighted by molar-refractivity contribution is -0.138. The second kappa shape index (κ2) is 5.87. The molecule has 1 fully saturated rings. The number of carboxylic acid groups (broad SMARTS) is 1. The van der Waals surface area contributed by atoms with Crippen LogP contribution in [-0.2, 0) is 17.6 Å². The van der Waals surface area contributed by atoms with Crippen LogP contribution in [0.1, 0.15) is 37.1 Å². The van der Waals surface area contributed by atoms with E-state index >= 15 is 0 Å². The van der Waals surface area contributed by atoms with Gasteiger partial charge in [0.2, 0.25) is 0 Å². The smallest absolute Gasteiger partial charge is 0.303 e. The quantitative estimate of drug-likeness (QED) is 0.872. The van der Waals surface area contributed by atoms with E-state index in [1.165, 1.54) is 0 Å². The summed E-state index contributed by atoms with van der Waals surface area (Å²) < 4.78 is 0. The lowest BCUT2D eigenvalue weighted by atomic mass is 9.95. The minimum absolute atomic E-state index is 0.136. The van der Waals surface area contributed by atoms with Gasteiger partial charge in [-0.2, -0.15) is 10.4 Å². The van der Waals surface area contributed by atoms with E-state index in [4.69, 9.17) is 5.11 Å². The molecule has 0 atom stereocenters. The second-order valence-electron chi connectivity index (χ2n) is 5.01. The number of aromatic nitrogens is 2. The zero-order chi connectivity index (χ0) is 14.7. The van der Waals surface area contributed by atoms with Gasteiger partial charge in [0.25, 0.3) is 0 Å². The number of nitrogens with zero attached hydrogens (tertiary/aromatic N) is 4. The number of rotatable bonds is 5. The Bertz CT molecular complexity index is 559. The van der Waals surface area contributed by atoms with Crippen LogP contribution in [0.25, 0.3) is 0 Å². The van der Waals surface area contributed by atoms with Gasteiger partial charge < -0.3 is 10.0 Å². The van der Waals surface area contributed by atoms with Gasteiger partial charge in [-0.25, -0.2) is 0 Å². The third-order valence-electron chi connectivity index (χ3n) is 3.66. The van der Waals surface area contributed by atoms with Crippen LogP contribution in [0.2, 0.25) is 0 Å². The molecule has 106 valence electrons. The van der Waals surface area contributed by atoms with E-state index < -0.39 is 5.97 Å². The Morgan fingerprint density at radius 2 is 2.10 bits per heavy atom. The van der Waals surface area contributed by atoms with Crippen molar-refractivity contribution in [2.45, 2.75) is 33.1 Å². The van der Waals surface area contributed by atoms with Gasteiger partial charge in [-0.3, -0.25) is 4.79 Å². The summed E-state index contributed by atoms with van der Waals surface area (Å²) in [6, 6.07) is 2.23. The van der Waals surface area contributed by atoms with Crippen LogP contribution in [0.5, 0.6) is 0 Å². The van der Waals surface area contributed by atoms with Crippen molar-refractivity contribution in [3.05, 3.63) is 16.8 Å². The largest absolute Gasteiger partial charge is 0.481 e. The number of anilines is 1. The summed E-state index contributed by atoms with van der Waals surface area (Å²) in [5, 5.41) is 26.5. The molecule has 0 saturated carbocycles. The number of aryl methyl sites for hydroxylation is 1. The number of hydrogen-bond acceptors (Lipinski definition) is 5. The molecule has 2 rings (SSSR count). The highest BCUT2D eigenvalue weighted by Gasteiger charge is 2.32. The maximum atomic E-state index is 10.7. The predicted octanol–water partition coefficient (Wildman–Crippen LogP) is 1.38. The monoisotopic (exact) mass is 274 g/mol. The van der Waals surface area contributed by atoms with Gasteiger partial charge in [-0.15, -0.1) is 5.10 Å². The van der Waals surface area contributed by atoms with Gasteiger partial charge in [-0.05, 0) is 18.4 Å². The molecule has 1 aromatic heterocycles. The molecule has 6 heteroatoms. The van der Waals surface area contributed by atoms with Crippen molar-refractivity contribution in [2.75, 3.05) is 18.0 Å². The van der Waals surface area contributed by atoms with Crippen LogP contribution in [0.4, 0.5) is 5.82 Å². The SMILES string of the molecule is CCc1nnc(N2CC(CC(=O)O)C2)c(C#N)c1CC. The summed E-state index contributed by atoms with van der Waals surface area (Å²) in [6.45, 7) is 5.26. The number of hydrogen-bond donors (Lipinski definition) is 1. The molecule has 0 radical (unpaired) electrons. The Morgan fingerprint density at radius 3 is 2.60 bits per heavy atom. The molecule has 6 nitrogen and oxygen atoms in total. The number of aliphatic carboxylic acids is 1. The van der Waals surface area contributed by atoms with Gasteiger partial charge in [0.15, 0.2) is 5.82 Å². The molecule has 0 spiro atoms. The highest BCUT2D eigenvalue weighted by atomic mass is 16.4. The minimum atomic E-state index is -0.781. The Kier molecular flexibility index (Phi) is 4.18.